The molecule has 1 saturated heterocycles. The first-order valence-corrected chi connectivity index (χ1v) is 7.16. The van der Waals surface area contributed by atoms with Crippen LogP contribution in [0.15, 0.2) is 0 Å². The largest absolute Gasteiger partial charge is 0.309 e. The van der Waals surface area contributed by atoms with Crippen LogP contribution in [0.4, 0.5) is 0 Å². The molecule has 2 aliphatic carbocycles. The second kappa shape index (κ2) is 3.99. The maximum atomic E-state index is 3.74. The molecule has 0 aromatic carbocycles. The van der Waals surface area contributed by atoms with Crippen LogP contribution in [0.1, 0.15) is 52.4 Å². The van der Waals surface area contributed by atoms with Gasteiger partial charge in [0.1, 0.15) is 0 Å². The van der Waals surface area contributed by atoms with Gasteiger partial charge in [-0.05, 0) is 45.4 Å². The van der Waals surface area contributed by atoms with Gasteiger partial charge in [0.05, 0.1) is 0 Å². The molecule has 0 amide bonds. The van der Waals surface area contributed by atoms with Gasteiger partial charge in [0.15, 0.2) is 0 Å². The lowest BCUT2D eigenvalue weighted by Crippen LogP contribution is -2.64. The summed E-state index contributed by atoms with van der Waals surface area (Å²) in [5.74, 6) is 1.02. The van der Waals surface area contributed by atoms with Crippen LogP contribution in [0, 0.1) is 5.92 Å². The van der Waals surface area contributed by atoms with Gasteiger partial charge in [-0.25, -0.2) is 0 Å². The van der Waals surface area contributed by atoms with Crippen molar-refractivity contribution in [2.24, 2.45) is 5.92 Å². The normalized spacial score (nSPS) is 36.8. The Hall–Kier alpha value is -0.0800. The predicted octanol–water partition coefficient (Wildman–Crippen LogP) is 2.39. The molecule has 3 rings (SSSR count). The van der Waals surface area contributed by atoms with E-state index in [1.807, 2.05) is 0 Å². The maximum absolute atomic E-state index is 3.74. The van der Waals surface area contributed by atoms with Crippen molar-refractivity contribution in [3.63, 3.8) is 0 Å². The number of piperazine rings is 1. The lowest BCUT2D eigenvalue weighted by atomic mass is 9.94. The number of hydrogen-bond donors (Lipinski definition) is 1. The molecule has 1 N–H and O–H groups in total. The molecule has 2 saturated carbocycles. The predicted molar refractivity (Wildman–Crippen MR) is 67.6 cm³/mol. The Bertz CT molecular complexity index is 251. The van der Waals surface area contributed by atoms with Crippen molar-refractivity contribution in [1.82, 2.24) is 10.2 Å². The summed E-state index contributed by atoms with van der Waals surface area (Å²) < 4.78 is 0. The van der Waals surface area contributed by atoms with E-state index in [0.717, 1.165) is 18.0 Å². The standard InChI is InChI=1S/C14H26N2/c1-14(2)10-16(12-5-3-4-6-12)13(9-15-14)11-7-8-11/h11-13,15H,3-10H2,1-2H3. The van der Waals surface area contributed by atoms with Gasteiger partial charge in [-0.2, -0.15) is 0 Å². The molecule has 2 heteroatoms. The third-order valence-electron chi connectivity index (χ3n) is 4.75. The van der Waals surface area contributed by atoms with Gasteiger partial charge >= 0.3 is 0 Å². The SMILES string of the molecule is CC1(C)CN(C2CCCC2)C(C2CC2)CN1. The first kappa shape index (κ1) is 11.0. The van der Waals surface area contributed by atoms with Crippen LogP contribution in [0.25, 0.3) is 0 Å². The van der Waals surface area contributed by atoms with Crippen molar-refractivity contribution in [2.45, 2.75) is 70.0 Å². The molecule has 2 nitrogen and oxygen atoms in total. The van der Waals surface area contributed by atoms with Crippen LogP contribution < -0.4 is 5.32 Å². The van der Waals surface area contributed by atoms with Crippen molar-refractivity contribution in [3.05, 3.63) is 0 Å². The minimum absolute atomic E-state index is 0.327. The first-order valence-electron chi connectivity index (χ1n) is 7.16. The van der Waals surface area contributed by atoms with E-state index in [0.29, 0.717) is 5.54 Å². The highest BCUT2D eigenvalue weighted by atomic mass is 15.3. The number of rotatable bonds is 2. The van der Waals surface area contributed by atoms with Crippen LogP contribution in [0.3, 0.4) is 0 Å². The van der Waals surface area contributed by atoms with E-state index in [1.165, 1.54) is 51.6 Å². The van der Waals surface area contributed by atoms with Crippen molar-refractivity contribution >= 4 is 0 Å². The number of nitrogens with one attached hydrogen (secondary N) is 1. The summed E-state index contributed by atoms with van der Waals surface area (Å²) in [6, 6.07) is 1.77. The fraction of sp³-hybridized carbons (Fsp3) is 1.00. The van der Waals surface area contributed by atoms with E-state index in [9.17, 15) is 0 Å². The lowest BCUT2D eigenvalue weighted by Gasteiger charge is -2.47. The summed E-state index contributed by atoms with van der Waals surface area (Å²) in [5.41, 5.74) is 0.327. The van der Waals surface area contributed by atoms with Gasteiger partial charge in [-0.3, -0.25) is 4.90 Å². The van der Waals surface area contributed by atoms with Crippen LogP contribution in [-0.2, 0) is 0 Å². The molecular weight excluding hydrogens is 196 g/mol. The van der Waals surface area contributed by atoms with Gasteiger partial charge in [-0.1, -0.05) is 12.8 Å². The van der Waals surface area contributed by atoms with E-state index in [1.54, 1.807) is 0 Å². The molecule has 16 heavy (non-hydrogen) atoms. The third-order valence-corrected chi connectivity index (χ3v) is 4.75. The molecule has 3 aliphatic rings. The van der Waals surface area contributed by atoms with Gasteiger partial charge in [0.25, 0.3) is 0 Å². The Kier molecular flexibility index (Phi) is 2.75. The van der Waals surface area contributed by atoms with Gasteiger partial charge < -0.3 is 5.32 Å². The average Bonchev–Trinajstić information content (AvgIpc) is 2.93. The fourth-order valence-electron chi connectivity index (χ4n) is 3.68. The highest BCUT2D eigenvalue weighted by Crippen LogP contribution is 2.40. The molecule has 1 heterocycles. The van der Waals surface area contributed by atoms with E-state index in [-0.39, 0.29) is 0 Å². The van der Waals surface area contributed by atoms with E-state index < -0.39 is 0 Å². The van der Waals surface area contributed by atoms with E-state index in [4.69, 9.17) is 0 Å². The van der Waals surface area contributed by atoms with Gasteiger partial charge in [0, 0.05) is 30.7 Å². The Morgan fingerprint density at radius 3 is 2.38 bits per heavy atom. The van der Waals surface area contributed by atoms with E-state index in [2.05, 4.69) is 24.1 Å². The Balaban J connectivity index is 1.72. The molecule has 0 bridgehead atoms. The summed E-state index contributed by atoms with van der Waals surface area (Å²) in [7, 11) is 0. The quantitative estimate of drug-likeness (QED) is 0.772. The molecule has 0 radical (unpaired) electrons. The van der Waals surface area contributed by atoms with Crippen LogP contribution >= 0.6 is 0 Å². The zero-order valence-electron chi connectivity index (χ0n) is 10.8. The average molecular weight is 222 g/mol. The third kappa shape index (κ3) is 2.14. The van der Waals surface area contributed by atoms with Crippen molar-refractivity contribution < 1.29 is 0 Å². The molecular formula is C14H26N2. The summed E-state index contributed by atoms with van der Waals surface area (Å²) in [5, 5.41) is 3.74. The van der Waals surface area contributed by atoms with Crippen molar-refractivity contribution in [3.8, 4) is 0 Å². The van der Waals surface area contributed by atoms with Gasteiger partial charge in [0.2, 0.25) is 0 Å². The van der Waals surface area contributed by atoms with Crippen molar-refractivity contribution in [1.29, 1.82) is 0 Å². The Labute approximate surface area is 99.8 Å². The molecule has 0 aromatic rings. The Morgan fingerprint density at radius 2 is 1.75 bits per heavy atom. The topological polar surface area (TPSA) is 15.3 Å². The summed E-state index contributed by atoms with van der Waals surface area (Å²) in [6.45, 7) is 7.21. The zero-order valence-corrected chi connectivity index (χ0v) is 10.8. The molecule has 1 unspecified atom stereocenters. The van der Waals surface area contributed by atoms with Crippen molar-refractivity contribution in [2.75, 3.05) is 13.1 Å². The summed E-state index contributed by atoms with van der Waals surface area (Å²) in [4.78, 5) is 2.88. The highest BCUT2D eigenvalue weighted by molar-refractivity contribution is 5.01. The number of hydrogen-bond acceptors (Lipinski definition) is 2. The number of nitrogens with zero attached hydrogens (tertiary/aromatic N) is 1. The second-order valence-electron chi connectivity index (χ2n) is 6.78. The smallest absolute Gasteiger partial charge is 0.0253 e. The van der Waals surface area contributed by atoms with Crippen LogP contribution in [0.2, 0.25) is 0 Å². The molecule has 3 fully saturated rings. The Morgan fingerprint density at radius 1 is 1.06 bits per heavy atom. The summed E-state index contributed by atoms with van der Waals surface area (Å²) >= 11 is 0. The van der Waals surface area contributed by atoms with Crippen LogP contribution in [0.5, 0.6) is 0 Å². The van der Waals surface area contributed by atoms with Crippen LogP contribution in [-0.4, -0.2) is 35.6 Å². The molecule has 0 aromatic heterocycles. The van der Waals surface area contributed by atoms with Gasteiger partial charge in [-0.15, -0.1) is 0 Å². The fourth-order valence-corrected chi connectivity index (χ4v) is 3.68. The maximum Gasteiger partial charge on any atom is 0.0253 e. The second-order valence-corrected chi connectivity index (χ2v) is 6.78. The minimum Gasteiger partial charge on any atom is -0.309 e. The van der Waals surface area contributed by atoms with E-state index >= 15 is 0 Å². The lowest BCUT2D eigenvalue weighted by molar-refractivity contribution is 0.0452. The molecule has 1 aliphatic heterocycles. The first-order chi connectivity index (χ1) is 7.66. The monoisotopic (exact) mass is 222 g/mol. The molecule has 0 spiro atoms. The molecule has 92 valence electrons. The highest BCUT2D eigenvalue weighted by Gasteiger charge is 2.43. The molecule has 1 atom stereocenters. The zero-order chi connectivity index (χ0) is 11.2. The summed E-state index contributed by atoms with van der Waals surface area (Å²) in [6.07, 6.45) is 8.81. The minimum atomic E-state index is 0.327.